The number of methoxy groups -OCH3 is 1. The van der Waals surface area contributed by atoms with Crippen LogP contribution >= 0.6 is 11.6 Å². The summed E-state index contributed by atoms with van der Waals surface area (Å²) in [5.41, 5.74) is 1.38. The number of nitrogens with zero attached hydrogens (tertiary/aromatic N) is 1. The van der Waals surface area contributed by atoms with Gasteiger partial charge in [0.1, 0.15) is 5.75 Å². The monoisotopic (exact) mass is 395 g/mol. The molecule has 3 rings (SSSR count). The van der Waals surface area contributed by atoms with Crippen LogP contribution in [-0.2, 0) is 9.84 Å². The predicted octanol–water partition coefficient (Wildman–Crippen LogP) is 2.59. The van der Waals surface area contributed by atoms with Gasteiger partial charge in [0, 0.05) is 23.5 Å². The third kappa shape index (κ3) is 4.44. The van der Waals surface area contributed by atoms with Crippen molar-refractivity contribution < 1.29 is 17.9 Å². The summed E-state index contributed by atoms with van der Waals surface area (Å²) in [6.07, 6.45) is 3.53. The summed E-state index contributed by atoms with van der Waals surface area (Å²) in [6.45, 7) is 0. The van der Waals surface area contributed by atoms with Gasteiger partial charge in [-0.3, -0.25) is 9.78 Å². The molecule has 9 heteroatoms. The minimum Gasteiger partial charge on any atom is -0.495 e. The second-order valence-electron chi connectivity index (χ2n) is 6.01. The molecule has 2 heterocycles. The zero-order valence-electron chi connectivity index (χ0n) is 14.0. The van der Waals surface area contributed by atoms with Crippen molar-refractivity contribution in [1.82, 2.24) is 4.98 Å². The van der Waals surface area contributed by atoms with Gasteiger partial charge in [-0.25, -0.2) is 8.42 Å². The molecule has 1 atom stereocenters. The van der Waals surface area contributed by atoms with Gasteiger partial charge >= 0.3 is 0 Å². The first-order valence-corrected chi connectivity index (χ1v) is 10.1. The van der Waals surface area contributed by atoms with E-state index in [9.17, 15) is 13.2 Å². The minimum atomic E-state index is -2.98. The smallest absolute Gasteiger partial charge is 0.257 e. The molecule has 2 aromatic rings. The van der Waals surface area contributed by atoms with Crippen molar-refractivity contribution in [2.45, 2.75) is 12.5 Å². The van der Waals surface area contributed by atoms with Crippen molar-refractivity contribution >= 4 is 38.7 Å². The topological polar surface area (TPSA) is 97.4 Å². The highest BCUT2D eigenvalue weighted by molar-refractivity contribution is 7.91. The van der Waals surface area contributed by atoms with Crippen LogP contribution in [0.1, 0.15) is 16.8 Å². The molecule has 0 aliphatic carbocycles. The number of amides is 1. The van der Waals surface area contributed by atoms with Crippen LogP contribution in [0.3, 0.4) is 0 Å². The van der Waals surface area contributed by atoms with E-state index < -0.39 is 9.84 Å². The van der Waals surface area contributed by atoms with Gasteiger partial charge in [-0.15, -0.1) is 0 Å². The summed E-state index contributed by atoms with van der Waals surface area (Å²) in [4.78, 5) is 16.6. The number of benzene rings is 1. The quantitative estimate of drug-likeness (QED) is 0.807. The summed E-state index contributed by atoms with van der Waals surface area (Å²) in [7, 11) is -1.48. The maximum Gasteiger partial charge on any atom is 0.257 e. The Morgan fingerprint density at radius 1 is 1.31 bits per heavy atom. The minimum absolute atomic E-state index is 0.0864. The van der Waals surface area contributed by atoms with Gasteiger partial charge in [0.05, 0.1) is 35.6 Å². The Bertz CT molecular complexity index is 933. The predicted molar refractivity (Wildman–Crippen MR) is 101 cm³/mol. The van der Waals surface area contributed by atoms with Gasteiger partial charge < -0.3 is 15.4 Å². The summed E-state index contributed by atoms with van der Waals surface area (Å²) in [6, 6.07) is 6.38. The number of carbonyl (C=O) groups is 1. The molecule has 0 spiro atoms. The molecule has 0 saturated carbocycles. The molecule has 0 radical (unpaired) electrons. The normalized spacial score (nSPS) is 18.3. The van der Waals surface area contributed by atoms with Crippen molar-refractivity contribution in [3.63, 3.8) is 0 Å². The molecule has 138 valence electrons. The number of nitrogens with one attached hydrogen (secondary N) is 2. The third-order valence-corrected chi connectivity index (χ3v) is 6.02. The number of pyridine rings is 1. The summed E-state index contributed by atoms with van der Waals surface area (Å²) >= 11 is 5.97. The van der Waals surface area contributed by atoms with Gasteiger partial charge in [0.15, 0.2) is 9.84 Å². The highest BCUT2D eigenvalue weighted by atomic mass is 35.5. The lowest BCUT2D eigenvalue weighted by Gasteiger charge is -2.13. The van der Waals surface area contributed by atoms with E-state index in [-0.39, 0.29) is 23.5 Å². The van der Waals surface area contributed by atoms with E-state index in [4.69, 9.17) is 16.3 Å². The molecule has 1 aromatic carbocycles. The third-order valence-electron chi connectivity index (χ3n) is 4.01. The molecular weight excluding hydrogens is 378 g/mol. The Hall–Kier alpha value is -2.32. The Balaban J connectivity index is 1.73. The number of sulfone groups is 1. The van der Waals surface area contributed by atoms with Crippen LogP contribution in [0.5, 0.6) is 5.75 Å². The highest BCUT2D eigenvalue weighted by Crippen LogP contribution is 2.28. The SMILES string of the molecule is COc1ccc(Cl)cc1NC(=O)c1cncc(NC2CCS(=O)(=O)C2)c1. The molecule has 1 amide bonds. The Morgan fingerprint density at radius 3 is 2.81 bits per heavy atom. The van der Waals surface area contributed by atoms with Gasteiger partial charge in [0.25, 0.3) is 5.91 Å². The van der Waals surface area contributed by atoms with Crippen LogP contribution in [0, 0.1) is 0 Å². The van der Waals surface area contributed by atoms with Gasteiger partial charge in [-0.05, 0) is 30.7 Å². The summed E-state index contributed by atoms with van der Waals surface area (Å²) in [5.74, 6) is 0.373. The van der Waals surface area contributed by atoms with E-state index in [0.29, 0.717) is 34.1 Å². The molecule has 2 N–H and O–H groups in total. The number of hydrogen-bond donors (Lipinski definition) is 2. The van der Waals surface area contributed by atoms with E-state index in [1.165, 1.54) is 13.3 Å². The molecule has 0 bridgehead atoms. The average Bonchev–Trinajstić information content (AvgIpc) is 2.94. The fourth-order valence-corrected chi connectivity index (χ4v) is 4.61. The van der Waals surface area contributed by atoms with E-state index in [1.54, 1.807) is 30.5 Å². The highest BCUT2D eigenvalue weighted by Gasteiger charge is 2.27. The number of anilines is 2. The van der Waals surface area contributed by atoms with Crippen LogP contribution in [0.2, 0.25) is 5.02 Å². The van der Waals surface area contributed by atoms with Crippen molar-refractivity contribution in [2.24, 2.45) is 0 Å². The maximum absolute atomic E-state index is 12.5. The van der Waals surface area contributed by atoms with E-state index in [1.807, 2.05) is 0 Å². The molecule has 1 aliphatic rings. The van der Waals surface area contributed by atoms with Crippen molar-refractivity contribution in [1.29, 1.82) is 0 Å². The van der Waals surface area contributed by atoms with Gasteiger partial charge in [-0.1, -0.05) is 11.6 Å². The number of ether oxygens (including phenoxy) is 1. The molecular formula is C17H18ClN3O4S. The lowest BCUT2D eigenvalue weighted by molar-refractivity contribution is 0.102. The summed E-state index contributed by atoms with van der Waals surface area (Å²) < 4.78 is 28.3. The number of aromatic nitrogens is 1. The molecule has 1 aliphatic heterocycles. The lowest BCUT2D eigenvalue weighted by Crippen LogP contribution is -2.21. The van der Waals surface area contributed by atoms with Crippen LogP contribution in [0.25, 0.3) is 0 Å². The van der Waals surface area contributed by atoms with Gasteiger partial charge in [-0.2, -0.15) is 0 Å². The van der Waals surface area contributed by atoms with E-state index in [0.717, 1.165) is 0 Å². The standard InChI is InChI=1S/C17H18ClN3O4S/c1-25-16-3-2-12(18)7-15(16)21-17(22)11-6-14(9-19-8-11)20-13-4-5-26(23,24)10-13/h2-3,6-9,13,20H,4-5,10H2,1H3,(H,21,22). The molecule has 1 saturated heterocycles. The Morgan fingerprint density at radius 2 is 2.12 bits per heavy atom. The van der Waals surface area contributed by atoms with Crippen molar-refractivity contribution in [3.8, 4) is 5.75 Å². The molecule has 1 unspecified atom stereocenters. The van der Waals surface area contributed by atoms with Gasteiger partial charge in [0.2, 0.25) is 0 Å². The zero-order valence-corrected chi connectivity index (χ0v) is 15.6. The fourth-order valence-electron chi connectivity index (χ4n) is 2.76. The molecule has 1 fully saturated rings. The Kier molecular flexibility index (Phi) is 5.33. The van der Waals surface area contributed by atoms with E-state index >= 15 is 0 Å². The number of hydrogen-bond acceptors (Lipinski definition) is 6. The van der Waals surface area contributed by atoms with E-state index in [2.05, 4.69) is 15.6 Å². The first-order valence-electron chi connectivity index (χ1n) is 7.93. The lowest BCUT2D eigenvalue weighted by atomic mass is 10.2. The van der Waals surface area contributed by atoms with Crippen LogP contribution in [0.15, 0.2) is 36.7 Å². The number of carbonyl (C=O) groups excluding carboxylic acids is 1. The van der Waals surface area contributed by atoms with Crippen LogP contribution in [0.4, 0.5) is 11.4 Å². The Labute approximate surface area is 156 Å². The first-order chi connectivity index (χ1) is 12.4. The second-order valence-corrected chi connectivity index (χ2v) is 8.67. The number of halogens is 1. The average molecular weight is 396 g/mol. The zero-order chi connectivity index (χ0) is 18.7. The van der Waals surface area contributed by atoms with Crippen molar-refractivity contribution in [2.75, 3.05) is 29.2 Å². The van der Waals surface area contributed by atoms with Crippen LogP contribution in [-0.4, -0.2) is 44.0 Å². The molecule has 7 nitrogen and oxygen atoms in total. The molecule has 1 aromatic heterocycles. The van der Waals surface area contributed by atoms with Crippen LogP contribution < -0.4 is 15.4 Å². The number of rotatable bonds is 5. The first kappa shape index (κ1) is 18.5. The maximum atomic E-state index is 12.5. The van der Waals surface area contributed by atoms with Crippen molar-refractivity contribution in [3.05, 3.63) is 47.2 Å². The molecule has 26 heavy (non-hydrogen) atoms. The second kappa shape index (κ2) is 7.51. The largest absolute Gasteiger partial charge is 0.495 e. The fraction of sp³-hybridized carbons (Fsp3) is 0.294. The summed E-state index contributed by atoms with van der Waals surface area (Å²) in [5, 5.41) is 6.33.